The number of likely N-dealkylation sites (tertiary alicyclic amines) is 1. The summed E-state index contributed by atoms with van der Waals surface area (Å²) in [5.41, 5.74) is 0.827. The fourth-order valence-corrected chi connectivity index (χ4v) is 3.61. The van der Waals surface area contributed by atoms with Gasteiger partial charge in [-0.2, -0.15) is 0 Å². The highest BCUT2D eigenvalue weighted by molar-refractivity contribution is 9.10. The van der Waals surface area contributed by atoms with Crippen molar-refractivity contribution < 1.29 is 9.53 Å². The number of hydrogen-bond acceptors (Lipinski definition) is 3. The van der Waals surface area contributed by atoms with Crippen LogP contribution in [0, 0.1) is 5.92 Å². The number of nitrogens with one attached hydrogen (secondary N) is 1. The third-order valence-corrected chi connectivity index (χ3v) is 5.33. The summed E-state index contributed by atoms with van der Waals surface area (Å²) >= 11 is 3.46. The number of halogens is 1. The van der Waals surface area contributed by atoms with Gasteiger partial charge < -0.3 is 15.0 Å². The quantitative estimate of drug-likeness (QED) is 0.874. The van der Waals surface area contributed by atoms with E-state index in [0.717, 1.165) is 68.9 Å². The lowest BCUT2D eigenvalue weighted by atomic mass is 9.96. The van der Waals surface area contributed by atoms with E-state index in [9.17, 15) is 4.79 Å². The monoisotopic (exact) mass is 381 g/mol. The summed E-state index contributed by atoms with van der Waals surface area (Å²) in [4.78, 5) is 16.8. The number of ether oxygens (including phenoxy) is 1. The highest BCUT2D eigenvalue weighted by Crippen LogP contribution is 2.23. The van der Waals surface area contributed by atoms with Gasteiger partial charge in [0.2, 0.25) is 0 Å². The number of rotatable bonds is 3. The van der Waals surface area contributed by atoms with E-state index in [1.165, 1.54) is 0 Å². The minimum Gasteiger partial charge on any atom is -0.379 e. The summed E-state index contributed by atoms with van der Waals surface area (Å²) in [5.74, 6) is 0.695. The first-order valence-electron chi connectivity index (χ1n) is 8.33. The number of morpholine rings is 1. The van der Waals surface area contributed by atoms with Crippen molar-refractivity contribution in [3.8, 4) is 0 Å². The predicted molar refractivity (Wildman–Crippen MR) is 94.7 cm³/mol. The maximum atomic E-state index is 12.4. The molecular formula is C17H24BrN3O2. The van der Waals surface area contributed by atoms with Crippen LogP contribution in [0.3, 0.4) is 0 Å². The van der Waals surface area contributed by atoms with Gasteiger partial charge in [-0.3, -0.25) is 4.90 Å². The molecule has 0 aliphatic carbocycles. The molecule has 0 atom stereocenters. The van der Waals surface area contributed by atoms with Gasteiger partial charge in [0.1, 0.15) is 0 Å². The average Bonchev–Trinajstić information content (AvgIpc) is 2.58. The fraction of sp³-hybridized carbons (Fsp3) is 0.588. The Labute approximate surface area is 146 Å². The van der Waals surface area contributed by atoms with Gasteiger partial charge in [0.15, 0.2) is 0 Å². The predicted octanol–water partition coefficient (Wildman–Crippen LogP) is 3.03. The second kappa shape index (κ2) is 8.13. The van der Waals surface area contributed by atoms with Gasteiger partial charge >= 0.3 is 6.03 Å². The standard InChI is InChI=1S/C17H24BrN3O2/c18-15-3-1-2-4-16(15)19-17(22)21-7-5-14(6-8-21)13-20-9-11-23-12-10-20/h1-4,14H,5-13H2,(H,19,22). The number of anilines is 1. The second-order valence-corrected chi connectivity index (χ2v) is 7.11. The zero-order valence-electron chi connectivity index (χ0n) is 13.3. The Morgan fingerprint density at radius 2 is 1.87 bits per heavy atom. The molecule has 126 valence electrons. The summed E-state index contributed by atoms with van der Waals surface area (Å²) in [6.07, 6.45) is 2.17. The number of urea groups is 1. The molecule has 1 aromatic carbocycles. The summed E-state index contributed by atoms with van der Waals surface area (Å²) in [6.45, 7) is 6.62. The summed E-state index contributed by atoms with van der Waals surface area (Å²) in [7, 11) is 0. The van der Waals surface area contributed by atoms with Crippen molar-refractivity contribution in [3.63, 3.8) is 0 Å². The Hall–Kier alpha value is -1.11. The normalized spacial score (nSPS) is 20.5. The number of benzene rings is 1. The minimum absolute atomic E-state index is 0.00159. The van der Waals surface area contributed by atoms with E-state index in [4.69, 9.17) is 4.74 Å². The van der Waals surface area contributed by atoms with Gasteiger partial charge in [0.25, 0.3) is 0 Å². The molecule has 6 heteroatoms. The van der Waals surface area contributed by atoms with E-state index < -0.39 is 0 Å². The number of nitrogens with zero attached hydrogens (tertiary/aromatic N) is 2. The van der Waals surface area contributed by atoms with Crippen molar-refractivity contribution >= 4 is 27.6 Å². The van der Waals surface area contributed by atoms with Gasteiger partial charge in [-0.25, -0.2) is 4.79 Å². The van der Waals surface area contributed by atoms with Crippen LogP contribution in [-0.2, 0) is 4.74 Å². The summed E-state index contributed by atoms with van der Waals surface area (Å²) in [5, 5.41) is 2.99. The zero-order valence-corrected chi connectivity index (χ0v) is 14.9. The third kappa shape index (κ3) is 4.68. The molecule has 0 unspecified atom stereocenters. The summed E-state index contributed by atoms with van der Waals surface area (Å²) in [6, 6.07) is 7.71. The Bertz CT molecular complexity index is 526. The van der Waals surface area contributed by atoms with Crippen molar-refractivity contribution in [3.05, 3.63) is 28.7 Å². The zero-order chi connectivity index (χ0) is 16.1. The van der Waals surface area contributed by atoms with Gasteiger partial charge in [-0.05, 0) is 46.8 Å². The lowest BCUT2D eigenvalue weighted by Gasteiger charge is -2.36. The van der Waals surface area contributed by atoms with Crippen molar-refractivity contribution in [2.45, 2.75) is 12.8 Å². The van der Waals surface area contributed by atoms with Crippen molar-refractivity contribution in [1.82, 2.24) is 9.80 Å². The lowest BCUT2D eigenvalue weighted by Crippen LogP contribution is -2.45. The van der Waals surface area contributed by atoms with Gasteiger partial charge in [-0.1, -0.05) is 12.1 Å². The van der Waals surface area contributed by atoms with Crippen LogP contribution in [0.4, 0.5) is 10.5 Å². The molecule has 2 saturated heterocycles. The molecule has 2 fully saturated rings. The number of amides is 2. The van der Waals surface area contributed by atoms with E-state index in [1.807, 2.05) is 29.2 Å². The smallest absolute Gasteiger partial charge is 0.321 e. The van der Waals surface area contributed by atoms with Gasteiger partial charge in [0.05, 0.1) is 18.9 Å². The number of carbonyl (C=O) groups excluding carboxylic acids is 1. The Morgan fingerprint density at radius 3 is 2.57 bits per heavy atom. The molecule has 3 rings (SSSR count). The van der Waals surface area contributed by atoms with E-state index >= 15 is 0 Å². The van der Waals surface area contributed by atoms with E-state index in [2.05, 4.69) is 26.1 Å². The summed E-state index contributed by atoms with van der Waals surface area (Å²) < 4.78 is 6.31. The number of piperidine rings is 1. The van der Waals surface area contributed by atoms with Gasteiger partial charge in [-0.15, -0.1) is 0 Å². The Kier molecular flexibility index (Phi) is 5.91. The van der Waals surface area contributed by atoms with E-state index in [-0.39, 0.29) is 6.03 Å². The molecule has 1 N–H and O–H groups in total. The molecule has 5 nitrogen and oxygen atoms in total. The Morgan fingerprint density at radius 1 is 1.17 bits per heavy atom. The first-order valence-corrected chi connectivity index (χ1v) is 9.12. The van der Waals surface area contributed by atoms with Crippen LogP contribution >= 0.6 is 15.9 Å². The minimum atomic E-state index is 0.00159. The maximum Gasteiger partial charge on any atom is 0.321 e. The van der Waals surface area contributed by atoms with E-state index in [1.54, 1.807) is 0 Å². The molecule has 0 bridgehead atoms. The molecule has 2 aliphatic heterocycles. The van der Waals surface area contributed by atoms with Crippen LogP contribution in [0.15, 0.2) is 28.7 Å². The second-order valence-electron chi connectivity index (χ2n) is 6.25. The van der Waals surface area contributed by atoms with Crippen molar-refractivity contribution in [1.29, 1.82) is 0 Å². The van der Waals surface area contributed by atoms with Crippen LogP contribution in [0.5, 0.6) is 0 Å². The average molecular weight is 382 g/mol. The Balaban J connectivity index is 1.45. The van der Waals surface area contributed by atoms with Crippen molar-refractivity contribution in [2.75, 3.05) is 51.3 Å². The van der Waals surface area contributed by atoms with E-state index in [0.29, 0.717) is 5.92 Å². The topological polar surface area (TPSA) is 44.8 Å². The van der Waals surface area contributed by atoms with Crippen LogP contribution in [-0.4, -0.2) is 61.8 Å². The first kappa shape index (κ1) is 16.7. The maximum absolute atomic E-state index is 12.4. The van der Waals surface area contributed by atoms with Crippen molar-refractivity contribution in [2.24, 2.45) is 5.92 Å². The molecule has 0 spiro atoms. The molecule has 0 saturated carbocycles. The molecule has 1 aromatic rings. The van der Waals surface area contributed by atoms with Crippen LogP contribution in [0.2, 0.25) is 0 Å². The molecule has 0 aromatic heterocycles. The molecule has 0 radical (unpaired) electrons. The van der Waals surface area contributed by atoms with Gasteiger partial charge in [0, 0.05) is 37.2 Å². The fourth-order valence-electron chi connectivity index (χ4n) is 3.22. The largest absolute Gasteiger partial charge is 0.379 e. The first-order chi connectivity index (χ1) is 11.2. The number of para-hydroxylation sites is 1. The molecule has 2 aliphatic rings. The van der Waals surface area contributed by atoms with Crippen LogP contribution < -0.4 is 5.32 Å². The molecule has 23 heavy (non-hydrogen) atoms. The number of carbonyl (C=O) groups is 1. The molecule has 2 heterocycles. The van der Waals surface area contributed by atoms with Crippen LogP contribution in [0.1, 0.15) is 12.8 Å². The molecule has 2 amide bonds. The number of hydrogen-bond donors (Lipinski definition) is 1. The highest BCUT2D eigenvalue weighted by Gasteiger charge is 2.25. The van der Waals surface area contributed by atoms with Crippen LogP contribution in [0.25, 0.3) is 0 Å². The SMILES string of the molecule is O=C(Nc1ccccc1Br)N1CCC(CN2CCOCC2)CC1. The highest BCUT2D eigenvalue weighted by atomic mass is 79.9. The molecular weight excluding hydrogens is 358 g/mol. The third-order valence-electron chi connectivity index (χ3n) is 4.64. The lowest BCUT2D eigenvalue weighted by molar-refractivity contribution is 0.0260.